The number of rotatable bonds is 5. The van der Waals surface area contributed by atoms with E-state index in [1.165, 1.54) is 0 Å². The van der Waals surface area contributed by atoms with E-state index in [-0.39, 0.29) is 18.4 Å². The quantitative estimate of drug-likeness (QED) is 0.842. The summed E-state index contributed by atoms with van der Waals surface area (Å²) >= 11 is 0. The van der Waals surface area contributed by atoms with Gasteiger partial charge in [0.1, 0.15) is 5.69 Å². The Bertz CT molecular complexity index is 447. The van der Waals surface area contributed by atoms with Gasteiger partial charge in [0.25, 0.3) is 5.91 Å². The van der Waals surface area contributed by atoms with Gasteiger partial charge >= 0.3 is 5.97 Å². The van der Waals surface area contributed by atoms with E-state index in [1.54, 1.807) is 26.0 Å². The summed E-state index contributed by atoms with van der Waals surface area (Å²) in [5, 5.41) is 11.5. The van der Waals surface area contributed by atoms with Crippen molar-refractivity contribution in [3.63, 3.8) is 0 Å². The van der Waals surface area contributed by atoms with Crippen LogP contribution in [-0.2, 0) is 4.79 Å². The van der Waals surface area contributed by atoms with Gasteiger partial charge < -0.3 is 15.0 Å². The van der Waals surface area contributed by atoms with E-state index in [0.29, 0.717) is 5.69 Å². The molecular formula is C13H20N2O3. The Hall–Kier alpha value is -1.78. The molecule has 0 saturated carbocycles. The van der Waals surface area contributed by atoms with Gasteiger partial charge in [-0.05, 0) is 39.8 Å². The molecule has 0 saturated heterocycles. The first kappa shape index (κ1) is 14.3. The summed E-state index contributed by atoms with van der Waals surface area (Å²) in [6, 6.07) is 3.72. The zero-order valence-electron chi connectivity index (χ0n) is 11.2. The predicted octanol–water partition coefficient (Wildman–Crippen LogP) is 2.05. The highest BCUT2D eigenvalue weighted by atomic mass is 16.4. The van der Waals surface area contributed by atoms with Crippen molar-refractivity contribution in [1.29, 1.82) is 0 Å². The lowest BCUT2D eigenvalue weighted by atomic mass is 10.0. The van der Waals surface area contributed by atoms with Crippen LogP contribution in [-0.4, -0.2) is 27.1 Å². The van der Waals surface area contributed by atoms with Gasteiger partial charge in [-0.15, -0.1) is 0 Å². The maximum Gasteiger partial charge on any atom is 0.305 e. The second-order valence-corrected chi connectivity index (χ2v) is 5.30. The standard InChI is InChI=1S/C13H20N2O3/c1-9(2)15-7-5-6-10(15)12(18)14-13(3,4)8-11(16)17/h5-7,9H,8H2,1-4H3,(H,14,18)(H,16,17). The number of nitrogens with one attached hydrogen (secondary N) is 1. The fourth-order valence-corrected chi connectivity index (χ4v) is 1.83. The Morgan fingerprint density at radius 1 is 1.44 bits per heavy atom. The lowest BCUT2D eigenvalue weighted by Crippen LogP contribution is -2.45. The Morgan fingerprint density at radius 2 is 2.06 bits per heavy atom. The molecule has 0 aliphatic rings. The molecule has 1 heterocycles. The first-order valence-corrected chi connectivity index (χ1v) is 5.94. The van der Waals surface area contributed by atoms with Gasteiger partial charge in [0.2, 0.25) is 0 Å². The Kier molecular flexibility index (Phi) is 4.16. The topological polar surface area (TPSA) is 71.3 Å². The van der Waals surface area contributed by atoms with Gasteiger partial charge in [-0.2, -0.15) is 0 Å². The predicted molar refractivity (Wildman–Crippen MR) is 68.6 cm³/mol. The van der Waals surface area contributed by atoms with Crippen molar-refractivity contribution in [3.05, 3.63) is 24.0 Å². The number of aliphatic carboxylic acids is 1. The van der Waals surface area contributed by atoms with E-state index in [1.807, 2.05) is 24.6 Å². The summed E-state index contributed by atoms with van der Waals surface area (Å²) in [4.78, 5) is 22.8. The smallest absolute Gasteiger partial charge is 0.305 e. The summed E-state index contributed by atoms with van der Waals surface area (Å²) in [7, 11) is 0. The summed E-state index contributed by atoms with van der Waals surface area (Å²) in [5.41, 5.74) is -0.224. The molecule has 0 bridgehead atoms. The molecule has 0 aromatic carbocycles. The number of hydrogen-bond donors (Lipinski definition) is 2. The summed E-state index contributed by atoms with van der Waals surface area (Å²) in [6.07, 6.45) is 1.73. The minimum atomic E-state index is -0.931. The molecule has 0 unspecified atom stereocenters. The SMILES string of the molecule is CC(C)n1cccc1C(=O)NC(C)(C)CC(=O)O. The van der Waals surface area contributed by atoms with Gasteiger partial charge in [-0.25, -0.2) is 0 Å². The number of carbonyl (C=O) groups excluding carboxylic acids is 1. The highest BCUT2D eigenvalue weighted by Gasteiger charge is 2.25. The van der Waals surface area contributed by atoms with Crippen LogP contribution in [0.15, 0.2) is 18.3 Å². The van der Waals surface area contributed by atoms with E-state index in [9.17, 15) is 9.59 Å². The Morgan fingerprint density at radius 3 is 2.56 bits per heavy atom. The van der Waals surface area contributed by atoms with E-state index < -0.39 is 11.5 Å². The Labute approximate surface area is 107 Å². The van der Waals surface area contributed by atoms with E-state index in [0.717, 1.165) is 0 Å². The summed E-state index contributed by atoms with van der Waals surface area (Å²) in [5.74, 6) is -1.18. The number of hydrogen-bond acceptors (Lipinski definition) is 2. The fourth-order valence-electron chi connectivity index (χ4n) is 1.83. The number of nitrogens with zero attached hydrogens (tertiary/aromatic N) is 1. The second kappa shape index (κ2) is 5.25. The molecule has 100 valence electrons. The second-order valence-electron chi connectivity index (χ2n) is 5.30. The molecular weight excluding hydrogens is 232 g/mol. The molecule has 1 rings (SSSR count). The zero-order chi connectivity index (χ0) is 13.9. The third-order valence-electron chi connectivity index (χ3n) is 2.61. The van der Waals surface area contributed by atoms with Crippen molar-refractivity contribution in [2.24, 2.45) is 0 Å². The van der Waals surface area contributed by atoms with Crippen molar-refractivity contribution >= 4 is 11.9 Å². The average molecular weight is 252 g/mol. The van der Waals surface area contributed by atoms with Crippen LogP contribution >= 0.6 is 0 Å². The number of carboxylic acids is 1. The van der Waals surface area contributed by atoms with Crippen LogP contribution in [0, 0.1) is 0 Å². The summed E-state index contributed by atoms with van der Waals surface area (Å²) in [6.45, 7) is 7.36. The van der Waals surface area contributed by atoms with Crippen molar-refractivity contribution in [2.75, 3.05) is 0 Å². The van der Waals surface area contributed by atoms with Crippen molar-refractivity contribution < 1.29 is 14.7 Å². The molecule has 18 heavy (non-hydrogen) atoms. The largest absolute Gasteiger partial charge is 0.481 e. The average Bonchev–Trinajstić information content (AvgIpc) is 2.61. The van der Waals surface area contributed by atoms with E-state index in [2.05, 4.69) is 5.32 Å². The summed E-state index contributed by atoms with van der Waals surface area (Å²) < 4.78 is 1.85. The van der Waals surface area contributed by atoms with Crippen LogP contribution in [0.1, 0.15) is 50.6 Å². The van der Waals surface area contributed by atoms with E-state index >= 15 is 0 Å². The van der Waals surface area contributed by atoms with Crippen LogP contribution in [0.25, 0.3) is 0 Å². The molecule has 1 aromatic rings. The number of carboxylic acid groups (broad SMARTS) is 1. The van der Waals surface area contributed by atoms with Crippen LogP contribution in [0.3, 0.4) is 0 Å². The normalized spacial score (nSPS) is 11.6. The number of amides is 1. The van der Waals surface area contributed by atoms with Gasteiger partial charge in [-0.3, -0.25) is 9.59 Å². The maximum absolute atomic E-state index is 12.1. The molecule has 0 aliphatic carbocycles. The molecule has 1 amide bonds. The molecule has 0 atom stereocenters. The highest BCUT2D eigenvalue weighted by molar-refractivity contribution is 5.93. The van der Waals surface area contributed by atoms with Crippen LogP contribution in [0.5, 0.6) is 0 Å². The highest BCUT2D eigenvalue weighted by Crippen LogP contribution is 2.14. The van der Waals surface area contributed by atoms with Crippen LogP contribution in [0.4, 0.5) is 0 Å². The molecule has 1 aromatic heterocycles. The first-order chi connectivity index (χ1) is 8.23. The van der Waals surface area contributed by atoms with Crippen molar-refractivity contribution in [1.82, 2.24) is 9.88 Å². The molecule has 2 N–H and O–H groups in total. The maximum atomic E-state index is 12.1. The van der Waals surface area contributed by atoms with Gasteiger partial charge in [0, 0.05) is 17.8 Å². The first-order valence-electron chi connectivity index (χ1n) is 5.94. The number of carbonyl (C=O) groups is 2. The lowest BCUT2D eigenvalue weighted by Gasteiger charge is -2.25. The molecule has 5 nitrogen and oxygen atoms in total. The van der Waals surface area contributed by atoms with Gasteiger partial charge in [-0.1, -0.05) is 0 Å². The molecule has 0 spiro atoms. The van der Waals surface area contributed by atoms with Crippen LogP contribution < -0.4 is 5.32 Å². The zero-order valence-corrected chi connectivity index (χ0v) is 11.2. The molecule has 0 fully saturated rings. The monoisotopic (exact) mass is 252 g/mol. The van der Waals surface area contributed by atoms with E-state index in [4.69, 9.17) is 5.11 Å². The third kappa shape index (κ3) is 3.61. The fraction of sp³-hybridized carbons (Fsp3) is 0.538. The van der Waals surface area contributed by atoms with Gasteiger partial charge in [0.05, 0.1) is 6.42 Å². The molecule has 0 aliphatic heterocycles. The van der Waals surface area contributed by atoms with Gasteiger partial charge in [0.15, 0.2) is 0 Å². The minimum absolute atomic E-state index is 0.110. The lowest BCUT2D eigenvalue weighted by molar-refractivity contribution is -0.138. The molecule has 5 heteroatoms. The minimum Gasteiger partial charge on any atom is -0.481 e. The molecule has 0 radical (unpaired) electrons. The van der Waals surface area contributed by atoms with Crippen LogP contribution in [0.2, 0.25) is 0 Å². The Balaban J connectivity index is 2.82. The number of aromatic nitrogens is 1. The van der Waals surface area contributed by atoms with Crippen molar-refractivity contribution in [3.8, 4) is 0 Å². The van der Waals surface area contributed by atoms with Crippen molar-refractivity contribution in [2.45, 2.75) is 45.7 Å². The third-order valence-corrected chi connectivity index (χ3v) is 2.61.